The van der Waals surface area contributed by atoms with Crippen LogP contribution in [0.1, 0.15) is 23.9 Å². The Hall–Kier alpha value is -3.55. The minimum atomic E-state index is -1.16. The van der Waals surface area contributed by atoms with Crippen LogP contribution in [-0.4, -0.2) is 66.9 Å². The van der Waals surface area contributed by atoms with Gasteiger partial charge in [-0.3, -0.25) is 9.78 Å². The highest BCUT2D eigenvalue weighted by Gasteiger charge is 2.75. The second-order valence-electron chi connectivity index (χ2n) is 7.82. The van der Waals surface area contributed by atoms with Crippen molar-refractivity contribution >= 4 is 22.9 Å². The van der Waals surface area contributed by atoms with Gasteiger partial charge in [0.1, 0.15) is 6.10 Å². The molecular formula is C21H21N7O3. The van der Waals surface area contributed by atoms with Crippen molar-refractivity contribution in [3.05, 3.63) is 42.2 Å². The van der Waals surface area contributed by atoms with Gasteiger partial charge < -0.3 is 25.4 Å². The van der Waals surface area contributed by atoms with Crippen LogP contribution < -0.4 is 10.6 Å². The van der Waals surface area contributed by atoms with E-state index in [2.05, 4.69) is 42.4 Å². The van der Waals surface area contributed by atoms with Crippen molar-refractivity contribution in [2.75, 3.05) is 19.4 Å². The highest BCUT2D eigenvalue weighted by atomic mass is 16.3. The molecule has 4 N–H and O–H groups in total. The molecule has 2 fully saturated rings. The number of pyridine rings is 1. The molecule has 2 saturated carbocycles. The number of anilines is 1. The van der Waals surface area contributed by atoms with Crippen LogP contribution in [0.3, 0.4) is 0 Å². The molecule has 10 nitrogen and oxygen atoms in total. The number of hydrogen-bond donors (Lipinski definition) is 4. The Kier molecular flexibility index (Phi) is 4.39. The number of rotatable bonds is 3. The number of carbonyl (C=O) groups is 1. The van der Waals surface area contributed by atoms with E-state index in [-0.39, 0.29) is 17.6 Å². The van der Waals surface area contributed by atoms with Crippen molar-refractivity contribution in [3.63, 3.8) is 0 Å². The predicted octanol–water partition coefficient (Wildman–Crippen LogP) is -0.308. The molecule has 0 saturated heterocycles. The Morgan fingerprint density at radius 1 is 1.29 bits per heavy atom. The SMILES string of the molecule is CNC(=O)C12CC1[C@@H](n1cnc3c(NC)nc(C#Cc4cccnc4)nc31)[C@H](O)[C@@H]2O. The zero-order chi connectivity index (χ0) is 21.8. The van der Waals surface area contributed by atoms with Gasteiger partial charge in [0.05, 0.1) is 23.9 Å². The molecule has 2 unspecified atom stereocenters. The van der Waals surface area contributed by atoms with Crippen molar-refractivity contribution in [1.82, 2.24) is 29.8 Å². The van der Waals surface area contributed by atoms with E-state index in [0.717, 1.165) is 5.56 Å². The molecular weight excluding hydrogens is 398 g/mol. The van der Waals surface area contributed by atoms with Crippen LogP contribution in [-0.2, 0) is 4.79 Å². The first-order chi connectivity index (χ1) is 15.0. The van der Waals surface area contributed by atoms with Crippen molar-refractivity contribution in [1.29, 1.82) is 0 Å². The first kappa shape index (κ1) is 19.4. The number of fused-ring (bicyclic) bond motifs is 2. The zero-order valence-electron chi connectivity index (χ0n) is 16.9. The molecule has 158 valence electrons. The van der Waals surface area contributed by atoms with E-state index in [4.69, 9.17) is 0 Å². The quantitative estimate of drug-likeness (QED) is 0.424. The number of nitrogens with zero attached hydrogens (tertiary/aromatic N) is 5. The molecule has 10 heteroatoms. The summed E-state index contributed by atoms with van der Waals surface area (Å²) >= 11 is 0. The molecule has 3 heterocycles. The number of aliphatic hydroxyl groups excluding tert-OH is 2. The lowest BCUT2D eigenvalue weighted by Gasteiger charge is -2.23. The molecule has 0 aromatic carbocycles. The maximum atomic E-state index is 12.4. The second-order valence-corrected chi connectivity index (χ2v) is 7.82. The topological polar surface area (TPSA) is 138 Å². The van der Waals surface area contributed by atoms with Gasteiger partial charge in [-0.15, -0.1) is 0 Å². The Bertz CT molecular complexity index is 1230. The molecule has 2 aliphatic rings. The van der Waals surface area contributed by atoms with Crippen molar-refractivity contribution in [3.8, 4) is 11.8 Å². The van der Waals surface area contributed by atoms with Crippen LogP contribution >= 0.6 is 0 Å². The van der Waals surface area contributed by atoms with Gasteiger partial charge in [0.2, 0.25) is 11.7 Å². The van der Waals surface area contributed by atoms with Crippen LogP contribution in [0.5, 0.6) is 0 Å². The number of aliphatic hydroxyl groups is 2. The third-order valence-corrected chi connectivity index (χ3v) is 6.28. The van der Waals surface area contributed by atoms with Crippen LogP contribution in [0.2, 0.25) is 0 Å². The van der Waals surface area contributed by atoms with Gasteiger partial charge in [-0.05, 0) is 24.5 Å². The lowest BCUT2D eigenvalue weighted by Crippen LogP contribution is -2.41. The molecule has 31 heavy (non-hydrogen) atoms. The molecule has 1 amide bonds. The first-order valence-electron chi connectivity index (χ1n) is 9.94. The Labute approximate surface area is 177 Å². The van der Waals surface area contributed by atoms with Gasteiger partial charge in [0, 0.05) is 38.0 Å². The minimum Gasteiger partial charge on any atom is -0.389 e. The van der Waals surface area contributed by atoms with E-state index >= 15 is 0 Å². The third kappa shape index (κ3) is 2.78. The molecule has 0 spiro atoms. The Morgan fingerprint density at radius 2 is 2.13 bits per heavy atom. The van der Waals surface area contributed by atoms with E-state index in [1.54, 1.807) is 36.4 Å². The summed E-state index contributed by atoms with van der Waals surface area (Å²) < 4.78 is 1.73. The summed E-state index contributed by atoms with van der Waals surface area (Å²) in [4.78, 5) is 29.9. The summed E-state index contributed by atoms with van der Waals surface area (Å²) in [6.07, 6.45) is 3.10. The summed E-state index contributed by atoms with van der Waals surface area (Å²) in [5.41, 5.74) is 0.755. The standard InChI is InChI=1S/C21H21N7O3/c1-22-18-14-19(27-13(26-18)6-5-11-4-3-7-24-9-11)28(10-25-14)15-12-8-21(12,20(31)23-2)17(30)16(15)29/h3-4,7,9-10,12,15-17,29-30H,8H2,1-2H3,(H,23,31)(H,22,26,27)/t12?,15-,16+,17+,21?/m1/s1. The van der Waals surface area contributed by atoms with Crippen LogP contribution in [0, 0.1) is 23.2 Å². The Balaban J connectivity index is 1.58. The van der Waals surface area contributed by atoms with Gasteiger partial charge in [-0.2, -0.15) is 0 Å². The molecule has 3 aromatic heterocycles. The number of hydrogen-bond acceptors (Lipinski definition) is 8. The zero-order valence-corrected chi connectivity index (χ0v) is 16.9. The van der Waals surface area contributed by atoms with Crippen LogP contribution in [0.15, 0.2) is 30.9 Å². The van der Waals surface area contributed by atoms with E-state index in [0.29, 0.717) is 23.4 Å². The monoisotopic (exact) mass is 419 g/mol. The van der Waals surface area contributed by atoms with E-state index < -0.39 is 23.7 Å². The average molecular weight is 419 g/mol. The highest BCUT2D eigenvalue weighted by molar-refractivity contribution is 5.88. The van der Waals surface area contributed by atoms with E-state index in [1.165, 1.54) is 7.05 Å². The van der Waals surface area contributed by atoms with Gasteiger partial charge in [-0.25, -0.2) is 15.0 Å². The van der Waals surface area contributed by atoms with Gasteiger partial charge >= 0.3 is 0 Å². The molecule has 0 bridgehead atoms. The lowest BCUT2D eigenvalue weighted by atomic mass is 9.98. The molecule has 5 atom stereocenters. The summed E-state index contributed by atoms with van der Waals surface area (Å²) in [5.74, 6) is 6.23. The normalized spacial score (nSPS) is 28.5. The minimum absolute atomic E-state index is 0.215. The van der Waals surface area contributed by atoms with Crippen LogP contribution in [0.25, 0.3) is 11.2 Å². The first-order valence-corrected chi connectivity index (χ1v) is 9.94. The predicted molar refractivity (Wildman–Crippen MR) is 111 cm³/mol. The molecule has 0 aliphatic heterocycles. The maximum absolute atomic E-state index is 12.4. The van der Waals surface area contributed by atoms with Gasteiger partial charge in [-0.1, -0.05) is 5.92 Å². The fourth-order valence-corrected chi connectivity index (χ4v) is 4.72. The average Bonchev–Trinajstić information content (AvgIpc) is 3.34. The Morgan fingerprint density at radius 3 is 2.84 bits per heavy atom. The number of carbonyl (C=O) groups excluding carboxylic acids is 1. The number of amides is 1. The van der Waals surface area contributed by atoms with E-state index in [1.807, 2.05) is 6.07 Å². The fraction of sp³-hybridized carbons (Fsp3) is 0.381. The number of aromatic nitrogens is 5. The van der Waals surface area contributed by atoms with Gasteiger partial charge in [0.25, 0.3) is 0 Å². The van der Waals surface area contributed by atoms with Crippen LogP contribution in [0.4, 0.5) is 5.82 Å². The molecule has 5 rings (SSSR count). The summed E-state index contributed by atoms with van der Waals surface area (Å²) in [5, 5.41) is 27.0. The summed E-state index contributed by atoms with van der Waals surface area (Å²) in [6.45, 7) is 0. The molecule has 2 aliphatic carbocycles. The number of imidazole rings is 1. The maximum Gasteiger partial charge on any atom is 0.229 e. The smallest absolute Gasteiger partial charge is 0.229 e. The highest BCUT2D eigenvalue weighted by Crippen LogP contribution is 2.67. The lowest BCUT2D eigenvalue weighted by molar-refractivity contribution is -0.132. The summed E-state index contributed by atoms with van der Waals surface area (Å²) in [6, 6.07) is 3.10. The molecule has 3 aromatic rings. The van der Waals surface area contributed by atoms with Gasteiger partial charge in [0.15, 0.2) is 17.0 Å². The fourth-order valence-electron chi connectivity index (χ4n) is 4.72. The van der Waals surface area contributed by atoms with Crippen molar-refractivity contribution in [2.24, 2.45) is 11.3 Å². The molecule has 0 radical (unpaired) electrons. The largest absolute Gasteiger partial charge is 0.389 e. The number of nitrogens with one attached hydrogen (secondary N) is 2. The second kappa shape index (κ2) is 7.01. The summed E-state index contributed by atoms with van der Waals surface area (Å²) in [7, 11) is 3.26. The third-order valence-electron chi connectivity index (χ3n) is 6.28. The van der Waals surface area contributed by atoms with Crippen molar-refractivity contribution < 1.29 is 15.0 Å². The van der Waals surface area contributed by atoms with E-state index in [9.17, 15) is 15.0 Å². The van der Waals surface area contributed by atoms with Crippen molar-refractivity contribution in [2.45, 2.75) is 24.7 Å².